The van der Waals surface area contributed by atoms with Crippen molar-refractivity contribution in [3.05, 3.63) is 58.7 Å². The number of ketones is 1. The highest BCUT2D eigenvalue weighted by molar-refractivity contribution is 8.02. The summed E-state index contributed by atoms with van der Waals surface area (Å²) in [6.45, 7) is 3.83. The lowest BCUT2D eigenvalue weighted by atomic mass is 10.0. The maximum atomic E-state index is 11.6. The Bertz CT molecular complexity index is 779. The molecule has 4 nitrogen and oxygen atoms in total. The third-order valence-electron chi connectivity index (χ3n) is 3.84. The van der Waals surface area contributed by atoms with Gasteiger partial charge in [0.25, 0.3) is 0 Å². The van der Waals surface area contributed by atoms with Crippen LogP contribution in [-0.2, 0) is 18.8 Å². The van der Waals surface area contributed by atoms with E-state index in [-0.39, 0.29) is 11.5 Å². The number of phenolic OH excluding ortho intramolecular Hbond substituents is 1. The zero-order valence-electron chi connectivity index (χ0n) is 14.4. The lowest BCUT2D eigenvalue weighted by molar-refractivity contribution is 0.101. The molecule has 0 amide bonds. The van der Waals surface area contributed by atoms with E-state index in [9.17, 15) is 9.90 Å². The molecule has 0 aliphatic rings. The Balaban J connectivity index is 2.13. The number of carbonyl (C=O) groups is 1. The number of benzene rings is 2. The Morgan fingerprint density at radius 3 is 2.48 bits per heavy atom. The number of rotatable bonds is 8. The van der Waals surface area contributed by atoms with Crippen molar-refractivity contribution in [3.63, 3.8) is 0 Å². The quantitative estimate of drug-likeness (QED) is 0.542. The normalized spacial score (nSPS) is 10.3. The van der Waals surface area contributed by atoms with Crippen molar-refractivity contribution in [2.75, 3.05) is 0 Å². The second kappa shape index (κ2) is 9.14. The van der Waals surface area contributed by atoms with Crippen LogP contribution in [0.1, 0.15) is 47.3 Å². The number of nitrogens with zero attached hydrogens (tertiary/aromatic N) is 1. The first-order chi connectivity index (χ1) is 12.1. The number of nitriles is 1. The average molecular weight is 355 g/mol. The summed E-state index contributed by atoms with van der Waals surface area (Å²) in [7, 11) is 0. The molecule has 2 rings (SSSR count). The molecule has 2 aromatic rings. The van der Waals surface area contributed by atoms with Gasteiger partial charge in [0.2, 0.25) is 0 Å². The van der Waals surface area contributed by atoms with Crippen molar-refractivity contribution >= 4 is 17.5 Å². The number of carbonyl (C=O) groups excluding carboxylic acids is 1. The molecule has 25 heavy (non-hydrogen) atoms. The van der Waals surface area contributed by atoms with Gasteiger partial charge in [-0.25, -0.2) is 0 Å². The third kappa shape index (κ3) is 5.01. The van der Waals surface area contributed by atoms with E-state index >= 15 is 0 Å². The van der Waals surface area contributed by atoms with Crippen LogP contribution in [0.25, 0.3) is 0 Å². The summed E-state index contributed by atoms with van der Waals surface area (Å²) >= 11 is 1.21. The molecule has 130 valence electrons. The molecule has 0 unspecified atom stereocenters. The fourth-order valence-corrected chi connectivity index (χ4v) is 2.96. The van der Waals surface area contributed by atoms with Crippen LogP contribution in [0.2, 0.25) is 0 Å². The summed E-state index contributed by atoms with van der Waals surface area (Å²) < 4.78 is 5.88. The molecule has 0 fully saturated rings. The van der Waals surface area contributed by atoms with Gasteiger partial charge in [-0.2, -0.15) is 5.26 Å². The predicted octanol–water partition coefficient (Wildman–Crippen LogP) is 4.84. The van der Waals surface area contributed by atoms with Gasteiger partial charge in [-0.15, -0.1) is 0 Å². The first kappa shape index (κ1) is 18.9. The second-order valence-corrected chi connectivity index (χ2v) is 6.49. The van der Waals surface area contributed by atoms with Crippen LogP contribution in [0.5, 0.6) is 11.5 Å². The van der Waals surface area contributed by atoms with E-state index in [1.807, 2.05) is 31.2 Å². The summed E-state index contributed by atoms with van der Waals surface area (Å²) in [4.78, 5) is 11.6. The van der Waals surface area contributed by atoms with Crippen molar-refractivity contribution in [2.45, 2.75) is 39.0 Å². The van der Waals surface area contributed by atoms with Gasteiger partial charge >= 0.3 is 0 Å². The number of ether oxygens (including phenoxy) is 1. The Labute approximate surface area is 152 Å². The van der Waals surface area contributed by atoms with Crippen molar-refractivity contribution in [1.29, 1.82) is 5.26 Å². The van der Waals surface area contributed by atoms with E-state index in [0.717, 1.165) is 17.5 Å². The maximum absolute atomic E-state index is 11.6. The van der Waals surface area contributed by atoms with Gasteiger partial charge < -0.3 is 9.84 Å². The zero-order valence-corrected chi connectivity index (χ0v) is 15.2. The molecule has 2 aromatic carbocycles. The Kier molecular flexibility index (Phi) is 6.91. The largest absolute Gasteiger partial charge is 0.507 e. The van der Waals surface area contributed by atoms with Crippen LogP contribution in [0.3, 0.4) is 0 Å². The summed E-state index contributed by atoms with van der Waals surface area (Å²) in [6.07, 6.45) is 1.49. The molecule has 0 aliphatic heterocycles. The Morgan fingerprint density at radius 2 is 1.88 bits per heavy atom. The van der Waals surface area contributed by atoms with Gasteiger partial charge in [0.05, 0.1) is 5.56 Å². The van der Waals surface area contributed by atoms with Crippen molar-refractivity contribution in [2.24, 2.45) is 0 Å². The van der Waals surface area contributed by atoms with Gasteiger partial charge in [0.15, 0.2) is 5.78 Å². The number of thiocyanates is 1. The minimum Gasteiger partial charge on any atom is -0.507 e. The molecular formula is C20H21NO3S. The minimum atomic E-state index is -0.160. The smallest absolute Gasteiger partial charge is 0.163 e. The van der Waals surface area contributed by atoms with Crippen molar-refractivity contribution in [1.82, 2.24) is 0 Å². The molecule has 0 heterocycles. The van der Waals surface area contributed by atoms with E-state index in [0.29, 0.717) is 35.7 Å². The number of hydrogen-bond acceptors (Lipinski definition) is 5. The van der Waals surface area contributed by atoms with Gasteiger partial charge in [0.1, 0.15) is 23.5 Å². The van der Waals surface area contributed by atoms with Crippen LogP contribution in [-0.4, -0.2) is 10.9 Å². The molecule has 0 aromatic heterocycles. The standard InChI is InChI=1S/C20H21NO3S/c1-3-4-18-19(10-9-17(14(2)22)20(18)23)24-11-15-5-7-16(8-6-15)12-25-13-21/h5-10,23H,3-4,11-12H2,1-2H3. The van der Waals surface area contributed by atoms with Crippen molar-refractivity contribution < 1.29 is 14.6 Å². The zero-order chi connectivity index (χ0) is 18.2. The molecule has 1 N–H and O–H groups in total. The molecule has 0 bridgehead atoms. The van der Waals surface area contributed by atoms with Crippen LogP contribution in [0, 0.1) is 10.7 Å². The highest BCUT2D eigenvalue weighted by Gasteiger charge is 2.15. The minimum absolute atomic E-state index is 0.0238. The molecule has 0 atom stereocenters. The summed E-state index contributed by atoms with van der Waals surface area (Å²) in [5, 5.41) is 21.0. The Morgan fingerprint density at radius 1 is 1.20 bits per heavy atom. The highest BCUT2D eigenvalue weighted by atomic mass is 32.2. The van der Waals surface area contributed by atoms with Crippen molar-refractivity contribution in [3.8, 4) is 16.9 Å². The van der Waals surface area contributed by atoms with Gasteiger partial charge in [-0.05, 0) is 48.4 Å². The fraction of sp³-hybridized carbons (Fsp3) is 0.300. The molecule has 0 aliphatic carbocycles. The van der Waals surface area contributed by atoms with E-state index in [1.165, 1.54) is 18.7 Å². The lowest BCUT2D eigenvalue weighted by Crippen LogP contribution is -2.02. The maximum Gasteiger partial charge on any atom is 0.163 e. The summed E-state index contributed by atoms with van der Waals surface area (Å²) in [5.74, 6) is 1.13. The van der Waals surface area contributed by atoms with E-state index in [1.54, 1.807) is 12.1 Å². The van der Waals surface area contributed by atoms with Crippen LogP contribution < -0.4 is 4.74 Å². The molecular weight excluding hydrogens is 334 g/mol. The monoisotopic (exact) mass is 355 g/mol. The third-order valence-corrected chi connectivity index (χ3v) is 4.45. The molecule has 0 radical (unpaired) electrons. The van der Waals surface area contributed by atoms with Crippen LogP contribution >= 0.6 is 11.8 Å². The second-order valence-electron chi connectivity index (χ2n) is 5.73. The average Bonchev–Trinajstić information content (AvgIpc) is 2.61. The first-order valence-electron chi connectivity index (χ1n) is 8.14. The molecule has 5 heteroatoms. The first-order valence-corrected chi connectivity index (χ1v) is 9.12. The fourth-order valence-electron chi connectivity index (χ4n) is 2.54. The summed E-state index contributed by atoms with van der Waals surface area (Å²) in [6, 6.07) is 11.2. The predicted molar refractivity (Wildman–Crippen MR) is 99.8 cm³/mol. The van der Waals surface area contributed by atoms with E-state index in [4.69, 9.17) is 10.00 Å². The van der Waals surface area contributed by atoms with Gasteiger partial charge in [-0.1, -0.05) is 37.6 Å². The van der Waals surface area contributed by atoms with Crippen LogP contribution in [0.4, 0.5) is 0 Å². The number of thioether (sulfide) groups is 1. The van der Waals surface area contributed by atoms with E-state index in [2.05, 4.69) is 5.40 Å². The van der Waals surface area contributed by atoms with E-state index < -0.39 is 0 Å². The lowest BCUT2D eigenvalue weighted by Gasteiger charge is -2.15. The SMILES string of the molecule is CCCc1c(OCc2ccc(CSC#N)cc2)ccc(C(C)=O)c1O. The number of Topliss-reactive ketones (excluding diaryl/α,β-unsaturated/α-hetero) is 1. The topological polar surface area (TPSA) is 70.3 Å². The highest BCUT2D eigenvalue weighted by Crippen LogP contribution is 2.33. The van der Waals surface area contributed by atoms with Gasteiger partial charge in [0, 0.05) is 11.3 Å². The number of aromatic hydroxyl groups is 1. The number of hydrogen-bond donors (Lipinski definition) is 1. The van der Waals surface area contributed by atoms with Gasteiger partial charge in [-0.3, -0.25) is 4.79 Å². The molecule has 0 saturated heterocycles. The molecule has 0 saturated carbocycles. The Hall–Kier alpha value is -2.45. The number of phenols is 1. The summed E-state index contributed by atoms with van der Waals surface area (Å²) in [5.41, 5.74) is 3.10. The van der Waals surface area contributed by atoms with Crippen LogP contribution in [0.15, 0.2) is 36.4 Å². The molecule has 0 spiro atoms.